The SMILES string of the molecule is O=C(COC(=O)COc1ccccc1Cl)NCCSc1ccccc1. The van der Waals surface area contributed by atoms with Crippen LogP contribution in [0.1, 0.15) is 0 Å². The maximum absolute atomic E-state index is 11.6. The molecule has 132 valence electrons. The van der Waals surface area contributed by atoms with E-state index >= 15 is 0 Å². The number of para-hydroxylation sites is 1. The summed E-state index contributed by atoms with van der Waals surface area (Å²) in [7, 11) is 0. The highest BCUT2D eigenvalue weighted by atomic mass is 35.5. The average molecular weight is 380 g/mol. The van der Waals surface area contributed by atoms with Gasteiger partial charge < -0.3 is 14.8 Å². The quantitative estimate of drug-likeness (QED) is 0.412. The van der Waals surface area contributed by atoms with Gasteiger partial charge in [0.1, 0.15) is 5.75 Å². The molecule has 1 N–H and O–H groups in total. The Bertz CT molecular complexity index is 696. The monoisotopic (exact) mass is 379 g/mol. The van der Waals surface area contributed by atoms with Crippen molar-refractivity contribution in [3.05, 3.63) is 59.6 Å². The number of halogens is 1. The Hall–Kier alpha value is -2.18. The van der Waals surface area contributed by atoms with Crippen molar-refractivity contribution in [2.24, 2.45) is 0 Å². The summed E-state index contributed by atoms with van der Waals surface area (Å²) in [6, 6.07) is 16.7. The van der Waals surface area contributed by atoms with Crippen LogP contribution in [0.5, 0.6) is 5.75 Å². The summed E-state index contributed by atoms with van der Waals surface area (Å²) in [5, 5.41) is 3.10. The summed E-state index contributed by atoms with van der Waals surface area (Å²) in [4.78, 5) is 24.3. The van der Waals surface area contributed by atoms with E-state index < -0.39 is 5.97 Å². The normalized spacial score (nSPS) is 10.1. The van der Waals surface area contributed by atoms with Gasteiger partial charge >= 0.3 is 5.97 Å². The second-order valence-corrected chi connectivity index (χ2v) is 6.47. The lowest BCUT2D eigenvalue weighted by Gasteiger charge is -2.08. The first-order valence-electron chi connectivity index (χ1n) is 7.62. The number of carbonyl (C=O) groups is 2. The smallest absolute Gasteiger partial charge is 0.344 e. The van der Waals surface area contributed by atoms with Gasteiger partial charge in [0.15, 0.2) is 13.2 Å². The molecule has 0 atom stereocenters. The van der Waals surface area contributed by atoms with Crippen molar-refractivity contribution < 1.29 is 19.1 Å². The van der Waals surface area contributed by atoms with Crippen LogP contribution in [0.15, 0.2) is 59.5 Å². The van der Waals surface area contributed by atoms with Crippen molar-refractivity contribution >= 4 is 35.2 Å². The first-order valence-corrected chi connectivity index (χ1v) is 8.99. The lowest BCUT2D eigenvalue weighted by atomic mass is 10.3. The van der Waals surface area contributed by atoms with Gasteiger partial charge in [0.25, 0.3) is 5.91 Å². The first-order chi connectivity index (χ1) is 12.1. The van der Waals surface area contributed by atoms with Gasteiger partial charge in [0.05, 0.1) is 5.02 Å². The molecular formula is C18H18ClNO4S. The second kappa shape index (κ2) is 10.6. The third-order valence-electron chi connectivity index (χ3n) is 2.98. The molecule has 25 heavy (non-hydrogen) atoms. The maximum atomic E-state index is 11.6. The molecule has 0 aromatic heterocycles. The highest BCUT2D eigenvalue weighted by molar-refractivity contribution is 7.99. The third kappa shape index (κ3) is 7.49. The van der Waals surface area contributed by atoms with Gasteiger partial charge in [0, 0.05) is 17.2 Å². The molecule has 2 aromatic rings. The van der Waals surface area contributed by atoms with E-state index in [1.54, 1.807) is 36.0 Å². The van der Waals surface area contributed by atoms with Crippen molar-refractivity contribution in [2.45, 2.75) is 4.90 Å². The molecule has 5 nitrogen and oxygen atoms in total. The Morgan fingerprint density at radius 1 is 1.00 bits per heavy atom. The largest absolute Gasteiger partial charge is 0.480 e. The van der Waals surface area contributed by atoms with E-state index in [0.29, 0.717) is 17.3 Å². The topological polar surface area (TPSA) is 64.6 Å². The lowest BCUT2D eigenvalue weighted by Crippen LogP contribution is -2.31. The molecule has 0 aliphatic rings. The number of amides is 1. The van der Waals surface area contributed by atoms with Gasteiger partial charge in [-0.1, -0.05) is 41.9 Å². The maximum Gasteiger partial charge on any atom is 0.344 e. The fourth-order valence-corrected chi connectivity index (χ4v) is 2.79. The number of carbonyl (C=O) groups excluding carboxylic acids is 2. The van der Waals surface area contributed by atoms with E-state index in [9.17, 15) is 9.59 Å². The predicted octanol–water partition coefficient (Wildman–Crippen LogP) is 3.17. The summed E-state index contributed by atoms with van der Waals surface area (Å²) >= 11 is 7.55. The van der Waals surface area contributed by atoms with Crippen LogP contribution in [0.2, 0.25) is 5.02 Å². The Kier molecular flexibility index (Phi) is 8.15. The summed E-state index contributed by atoms with van der Waals surface area (Å²) in [6.45, 7) is -0.145. The van der Waals surface area contributed by atoms with E-state index in [0.717, 1.165) is 10.6 Å². The zero-order chi connectivity index (χ0) is 17.9. The van der Waals surface area contributed by atoms with E-state index in [1.165, 1.54) is 0 Å². The number of ether oxygens (including phenoxy) is 2. The van der Waals surface area contributed by atoms with Gasteiger partial charge in [-0.3, -0.25) is 4.79 Å². The molecule has 0 heterocycles. The van der Waals surface area contributed by atoms with Crippen molar-refractivity contribution in [3.63, 3.8) is 0 Å². The number of nitrogens with one attached hydrogen (secondary N) is 1. The van der Waals surface area contributed by atoms with Gasteiger partial charge in [-0.2, -0.15) is 0 Å². The predicted molar refractivity (Wildman–Crippen MR) is 98.1 cm³/mol. The molecule has 0 unspecified atom stereocenters. The molecule has 2 rings (SSSR count). The van der Waals surface area contributed by atoms with Crippen LogP contribution in [-0.2, 0) is 14.3 Å². The van der Waals surface area contributed by atoms with Crippen LogP contribution < -0.4 is 10.1 Å². The van der Waals surface area contributed by atoms with Crippen molar-refractivity contribution in [3.8, 4) is 5.75 Å². The minimum absolute atomic E-state index is 0.305. The Morgan fingerprint density at radius 3 is 2.48 bits per heavy atom. The minimum atomic E-state index is -0.631. The van der Waals surface area contributed by atoms with Gasteiger partial charge in [-0.15, -0.1) is 11.8 Å². The van der Waals surface area contributed by atoms with Crippen LogP contribution in [0.3, 0.4) is 0 Å². The molecule has 1 amide bonds. The molecule has 0 bridgehead atoms. The molecule has 0 saturated heterocycles. The molecule has 0 fully saturated rings. The Balaban J connectivity index is 1.56. The molecular weight excluding hydrogens is 362 g/mol. The highest BCUT2D eigenvalue weighted by Crippen LogP contribution is 2.22. The first kappa shape index (κ1) is 19.1. The molecule has 7 heteroatoms. The van der Waals surface area contributed by atoms with Gasteiger partial charge in [-0.25, -0.2) is 4.79 Å². The zero-order valence-electron chi connectivity index (χ0n) is 13.4. The Labute approximate surface area is 155 Å². The fraction of sp³-hybridized carbons (Fsp3) is 0.222. The number of hydrogen-bond donors (Lipinski definition) is 1. The Morgan fingerprint density at radius 2 is 1.72 bits per heavy atom. The third-order valence-corrected chi connectivity index (χ3v) is 4.31. The van der Waals surface area contributed by atoms with E-state index in [4.69, 9.17) is 21.1 Å². The second-order valence-electron chi connectivity index (χ2n) is 4.89. The van der Waals surface area contributed by atoms with Crippen LogP contribution in [0.25, 0.3) is 0 Å². The highest BCUT2D eigenvalue weighted by Gasteiger charge is 2.09. The number of rotatable bonds is 9. The van der Waals surface area contributed by atoms with Crippen molar-refractivity contribution in [1.29, 1.82) is 0 Å². The average Bonchev–Trinajstić information content (AvgIpc) is 2.64. The minimum Gasteiger partial charge on any atom is -0.480 e. The van der Waals surface area contributed by atoms with Crippen molar-refractivity contribution in [2.75, 3.05) is 25.5 Å². The molecule has 0 radical (unpaired) electrons. The van der Waals surface area contributed by atoms with Gasteiger partial charge in [-0.05, 0) is 24.3 Å². The van der Waals surface area contributed by atoms with Crippen LogP contribution >= 0.6 is 23.4 Å². The number of hydrogen-bond acceptors (Lipinski definition) is 5. The summed E-state index contributed by atoms with van der Waals surface area (Å²) in [5.74, 6) is 0.149. The standard InChI is InChI=1S/C18H18ClNO4S/c19-15-8-4-5-9-16(15)23-13-18(22)24-12-17(21)20-10-11-25-14-6-2-1-3-7-14/h1-9H,10-13H2,(H,20,21). The number of benzene rings is 2. The molecule has 0 aliphatic carbocycles. The zero-order valence-corrected chi connectivity index (χ0v) is 15.0. The lowest BCUT2D eigenvalue weighted by molar-refractivity contribution is -0.150. The number of esters is 1. The number of thioether (sulfide) groups is 1. The summed E-state index contributed by atoms with van der Waals surface area (Å²) in [5.41, 5.74) is 0. The van der Waals surface area contributed by atoms with E-state index in [2.05, 4.69) is 5.32 Å². The summed E-state index contributed by atoms with van der Waals surface area (Å²) < 4.78 is 10.1. The fourth-order valence-electron chi connectivity index (χ4n) is 1.81. The van der Waals surface area contributed by atoms with Crippen LogP contribution in [0.4, 0.5) is 0 Å². The van der Waals surface area contributed by atoms with Crippen molar-refractivity contribution in [1.82, 2.24) is 5.32 Å². The van der Waals surface area contributed by atoms with Crippen LogP contribution in [-0.4, -0.2) is 37.4 Å². The molecule has 2 aromatic carbocycles. The summed E-state index contributed by atoms with van der Waals surface area (Å²) in [6.07, 6.45) is 0. The van der Waals surface area contributed by atoms with E-state index in [-0.39, 0.29) is 19.1 Å². The van der Waals surface area contributed by atoms with E-state index in [1.807, 2.05) is 30.3 Å². The van der Waals surface area contributed by atoms with Crippen LogP contribution in [0, 0.1) is 0 Å². The molecule has 0 saturated carbocycles. The molecule has 0 spiro atoms. The van der Waals surface area contributed by atoms with Gasteiger partial charge in [0.2, 0.25) is 0 Å². The molecule has 0 aliphatic heterocycles.